The van der Waals surface area contributed by atoms with Gasteiger partial charge in [0.05, 0.1) is 0 Å². The number of hydrogen-bond donors (Lipinski definition) is 1. The van der Waals surface area contributed by atoms with Crippen LogP contribution in [-0.4, -0.2) is 5.11 Å². The molecule has 0 heterocycles. The number of aromatic hydroxyl groups is 1. The molecule has 0 amide bonds. The minimum absolute atomic E-state index is 0.0665. The zero-order chi connectivity index (χ0) is 20.3. The summed E-state index contributed by atoms with van der Waals surface area (Å²) in [7, 11) is 0. The molecule has 1 nitrogen and oxygen atoms in total. The third kappa shape index (κ3) is 3.94. The molecule has 28 heavy (non-hydrogen) atoms. The number of phenolic OH excluding ortho intramolecular Hbond substituents is 1. The third-order valence-corrected chi connectivity index (χ3v) is 6.42. The largest absolute Gasteiger partial charge is 0.507 e. The fourth-order valence-corrected chi connectivity index (χ4v) is 4.11. The summed E-state index contributed by atoms with van der Waals surface area (Å²) >= 11 is 0. The van der Waals surface area contributed by atoms with Gasteiger partial charge in [-0.25, -0.2) is 0 Å². The molecule has 0 aromatic heterocycles. The summed E-state index contributed by atoms with van der Waals surface area (Å²) in [4.78, 5) is 0. The van der Waals surface area contributed by atoms with Gasteiger partial charge in [0.1, 0.15) is 5.75 Å². The predicted octanol–water partition coefficient (Wildman–Crippen LogP) is 8.19. The average molecular weight is 375 g/mol. The molecule has 0 aliphatic heterocycles. The number of fused-ring (bicyclic) bond motifs is 1. The van der Waals surface area contributed by atoms with Crippen molar-refractivity contribution in [3.05, 3.63) is 65.7 Å². The average Bonchev–Trinajstić information content (AvgIpc) is 2.71. The van der Waals surface area contributed by atoms with Crippen LogP contribution in [0.25, 0.3) is 21.9 Å². The molecule has 148 valence electrons. The Kier molecular flexibility index (Phi) is 6.13. The zero-order valence-electron chi connectivity index (χ0n) is 18.0. The van der Waals surface area contributed by atoms with Crippen molar-refractivity contribution < 1.29 is 5.11 Å². The molecular weight excluding hydrogens is 340 g/mol. The van der Waals surface area contributed by atoms with E-state index in [1.807, 2.05) is 6.07 Å². The van der Waals surface area contributed by atoms with Crippen LogP contribution in [0.4, 0.5) is 0 Å². The molecule has 0 fully saturated rings. The van der Waals surface area contributed by atoms with Gasteiger partial charge in [0, 0.05) is 5.39 Å². The number of hydrogen-bond acceptors (Lipinski definition) is 1. The Labute approximate surface area is 170 Å². The normalized spacial score (nSPS) is 13.0. The molecule has 0 saturated carbocycles. The van der Waals surface area contributed by atoms with Gasteiger partial charge < -0.3 is 5.11 Å². The van der Waals surface area contributed by atoms with Gasteiger partial charge in [0.2, 0.25) is 0 Å². The molecule has 0 saturated heterocycles. The molecule has 0 radical (unpaired) electrons. The lowest BCUT2D eigenvalue weighted by Gasteiger charge is -2.26. The van der Waals surface area contributed by atoms with Gasteiger partial charge in [0.15, 0.2) is 0 Å². The molecule has 1 N–H and O–H groups in total. The first kappa shape index (κ1) is 20.5. The van der Waals surface area contributed by atoms with Gasteiger partial charge in [-0.1, -0.05) is 71.4 Å². The Morgan fingerprint density at radius 3 is 2.21 bits per heavy atom. The van der Waals surface area contributed by atoms with Crippen LogP contribution >= 0.6 is 0 Å². The molecule has 1 unspecified atom stereocenters. The van der Waals surface area contributed by atoms with Crippen LogP contribution in [0.5, 0.6) is 5.75 Å². The first-order valence-corrected chi connectivity index (χ1v) is 10.8. The maximum Gasteiger partial charge on any atom is 0.123 e. The van der Waals surface area contributed by atoms with E-state index in [1.165, 1.54) is 22.3 Å². The van der Waals surface area contributed by atoms with Crippen molar-refractivity contribution in [1.29, 1.82) is 0 Å². The summed E-state index contributed by atoms with van der Waals surface area (Å²) in [5.74, 6) is 0.906. The lowest BCUT2D eigenvalue weighted by Crippen LogP contribution is -2.15. The number of phenols is 1. The van der Waals surface area contributed by atoms with E-state index in [4.69, 9.17) is 0 Å². The standard InChI is InChI=1S/C27H34O/c1-6-12-19(7-2)21-15-24-23(20-13-10-9-11-14-20)17-22(27(4,5)8-3)18-25(24)26(28)16-21/h9-11,13-19,28H,6-8,12H2,1-5H3. The fourth-order valence-electron chi connectivity index (χ4n) is 4.11. The van der Waals surface area contributed by atoms with Crippen LogP contribution in [-0.2, 0) is 5.41 Å². The lowest BCUT2D eigenvalue weighted by atomic mass is 9.79. The van der Waals surface area contributed by atoms with E-state index in [0.29, 0.717) is 11.7 Å². The summed E-state index contributed by atoms with van der Waals surface area (Å²) in [5.41, 5.74) is 5.04. The van der Waals surface area contributed by atoms with E-state index in [9.17, 15) is 5.11 Å². The van der Waals surface area contributed by atoms with E-state index in [0.717, 1.165) is 36.5 Å². The van der Waals surface area contributed by atoms with E-state index in [1.54, 1.807) is 0 Å². The van der Waals surface area contributed by atoms with E-state index in [-0.39, 0.29) is 5.41 Å². The Hall–Kier alpha value is -2.28. The van der Waals surface area contributed by atoms with Crippen molar-refractivity contribution in [2.45, 2.75) is 71.6 Å². The summed E-state index contributed by atoms with van der Waals surface area (Å²) in [5, 5.41) is 13.1. The Bertz CT molecular complexity index is 937. The molecular formula is C27H34O. The van der Waals surface area contributed by atoms with Crippen molar-refractivity contribution in [3.63, 3.8) is 0 Å². The summed E-state index contributed by atoms with van der Waals surface area (Å²) in [6.07, 6.45) is 4.47. The maximum atomic E-state index is 11.0. The molecule has 3 aromatic rings. The summed E-state index contributed by atoms with van der Waals surface area (Å²) in [6.45, 7) is 11.3. The SMILES string of the molecule is CCCC(CC)c1cc(O)c2cc(C(C)(C)CC)cc(-c3ccccc3)c2c1. The van der Waals surface area contributed by atoms with Gasteiger partial charge in [-0.3, -0.25) is 0 Å². The minimum Gasteiger partial charge on any atom is -0.507 e. The molecule has 0 aliphatic rings. The summed E-state index contributed by atoms with van der Waals surface area (Å²) < 4.78 is 0. The van der Waals surface area contributed by atoms with Crippen molar-refractivity contribution in [2.75, 3.05) is 0 Å². The van der Waals surface area contributed by atoms with Crippen LogP contribution in [0.2, 0.25) is 0 Å². The minimum atomic E-state index is 0.0665. The monoisotopic (exact) mass is 374 g/mol. The zero-order valence-corrected chi connectivity index (χ0v) is 18.0. The topological polar surface area (TPSA) is 20.2 Å². The van der Waals surface area contributed by atoms with Gasteiger partial charge in [-0.2, -0.15) is 0 Å². The van der Waals surface area contributed by atoms with Crippen LogP contribution in [0, 0.1) is 0 Å². The van der Waals surface area contributed by atoms with Gasteiger partial charge in [0.25, 0.3) is 0 Å². The molecule has 3 rings (SSSR count). The third-order valence-electron chi connectivity index (χ3n) is 6.42. The molecule has 3 aromatic carbocycles. The highest BCUT2D eigenvalue weighted by atomic mass is 16.3. The van der Waals surface area contributed by atoms with Gasteiger partial charge in [-0.15, -0.1) is 0 Å². The highest BCUT2D eigenvalue weighted by Crippen LogP contribution is 2.41. The molecule has 1 atom stereocenters. The Balaban J connectivity index is 2.32. The van der Waals surface area contributed by atoms with Crippen molar-refractivity contribution >= 4 is 10.8 Å². The number of rotatable bonds is 7. The molecule has 0 bridgehead atoms. The molecule has 0 spiro atoms. The van der Waals surface area contributed by atoms with Crippen molar-refractivity contribution in [1.82, 2.24) is 0 Å². The molecule has 1 heteroatoms. The van der Waals surface area contributed by atoms with E-state index < -0.39 is 0 Å². The second kappa shape index (κ2) is 8.39. The fraction of sp³-hybridized carbons (Fsp3) is 0.407. The van der Waals surface area contributed by atoms with Crippen LogP contribution < -0.4 is 0 Å². The second-order valence-corrected chi connectivity index (χ2v) is 8.66. The smallest absolute Gasteiger partial charge is 0.123 e. The lowest BCUT2D eigenvalue weighted by molar-refractivity contribution is 0.478. The number of benzene rings is 3. The van der Waals surface area contributed by atoms with Crippen LogP contribution in [0.15, 0.2) is 54.6 Å². The Morgan fingerprint density at radius 2 is 1.61 bits per heavy atom. The maximum absolute atomic E-state index is 11.0. The van der Waals surface area contributed by atoms with E-state index >= 15 is 0 Å². The quantitative estimate of drug-likeness (QED) is 0.442. The van der Waals surface area contributed by atoms with Crippen LogP contribution in [0.3, 0.4) is 0 Å². The molecule has 0 aliphatic carbocycles. The summed E-state index contributed by atoms with van der Waals surface area (Å²) in [6, 6.07) is 19.4. The highest BCUT2D eigenvalue weighted by Gasteiger charge is 2.22. The van der Waals surface area contributed by atoms with Crippen LogP contribution in [0.1, 0.15) is 77.3 Å². The second-order valence-electron chi connectivity index (χ2n) is 8.66. The highest BCUT2D eigenvalue weighted by molar-refractivity contribution is 6.01. The predicted molar refractivity (Wildman–Crippen MR) is 122 cm³/mol. The van der Waals surface area contributed by atoms with Crippen molar-refractivity contribution in [3.8, 4) is 16.9 Å². The van der Waals surface area contributed by atoms with Gasteiger partial charge >= 0.3 is 0 Å². The first-order chi connectivity index (χ1) is 13.4. The van der Waals surface area contributed by atoms with Gasteiger partial charge in [-0.05, 0) is 82.5 Å². The van der Waals surface area contributed by atoms with E-state index in [2.05, 4.69) is 83.1 Å². The Morgan fingerprint density at radius 1 is 0.893 bits per heavy atom. The van der Waals surface area contributed by atoms with Crippen molar-refractivity contribution in [2.24, 2.45) is 0 Å². The first-order valence-electron chi connectivity index (χ1n) is 10.8.